The van der Waals surface area contributed by atoms with Gasteiger partial charge in [-0.05, 0) is 25.0 Å². The molecule has 4 rings (SSSR count). The van der Waals surface area contributed by atoms with Crippen LogP contribution in [0.4, 0.5) is 0 Å². The van der Waals surface area contributed by atoms with E-state index in [9.17, 15) is 4.79 Å². The molecule has 0 aromatic carbocycles. The Morgan fingerprint density at radius 1 is 1.54 bits per heavy atom. The molecule has 2 aromatic heterocycles. The van der Waals surface area contributed by atoms with Gasteiger partial charge in [-0.3, -0.25) is 4.79 Å². The second-order valence-corrected chi connectivity index (χ2v) is 6.81. The van der Waals surface area contributed by atoms with Gasteiger partial charge in [0.2, 0.25) is 5.91 Å². The Bertz CT molecular complexity index is 757. The van der Waals surface area contributed by atoms with Gasteiger partial charge in [-0.25, -0.2) is 4.98 Å². The van der Waals surface area contributed by atoms with Crippen molar-refractivity contribution in [2.75, 3.05) is 20.3 Å². The van der Waals surface area contributed by atoms with Crippen molar-refractivity contribution in [3.63, 3.8) is 0 Å². The Labute approximate surface area is 141 Å². The fourth-order valence-corrected chi connectivity index (χ4v) is 4.17. The zero-order valence-corrected chi connectivity index (χ0v) is 14.1. The third kappa shape index (κ3) is 2.50. The molecule has 2 aromatic rings. The third-order valence-corrected chi connectivity index (χ3v) is 5.36. The molecule has 1 amide bonds. The van der Waals surface area contributed by atoms with Crippen molar-refractivity contribution in [2.45, 2.75) is 31.9 Å². The predicted molar refractivity (Wildman–Crippen MR) is 88.8 cm³/mol. The fraction of sp³-hybridized carbons (Fsp3) is 0.556. The quantitative estimate of drug-likeness (QED) is 0.899. The lowest BCUT2D eigenvalue weighted by Gasteiger charge is -2.47. The second-order valence-electron chi connectivity index (χ2n) is 6.81. The maximum atomic E-state index is 12.5. The smallest absolute Gasteiger partial charge is 0.226 e. The summed E-state index contributed by atoms with van der Waals surface area (Å²) in [6, 6.07) is 4.16. The minimum atomic E-state index is 0.0368. The van der Waals surface area contributed by atoms with Crippen molar-refractivity contribution >= 4 is 11.6 Å². The fourth-order valence-electron chi connectivity index (χ4n) is 4.17. The normalized spacial score (nSPS) is 28.6. The van der Waals surface area contributed by atoms with E-state index in [1.807, 2.05) is 29.7 Å². The van der Waals surface area contributed by atoms with Crippen molar-refractivity contribution in [3.05, 3.63) is 35.8 Å². The molecule has 3 heterocycles. The van der Waals surface area contributed by atoms with Gasteiger partial charge in [0.25, 0.3) is 0 Å². The number of ether oxygens (including phenoxy) is 2. The van der Waals surface area contributed by atoms with Crippen LogP contribution in [0.5, 0.6) is 0 Å². The number of imidazole rings is 1. The van der Waals surface area contributed by atoms with Gasteiger partial charge in [0.15, 0.2) is 0 Å². The van der Waals surface area contributed by atoms with Crippen LogP contribution >= 0.6 is 0 Å². The topological polar surface area (TPSA) is 64.9 Å². The van der Waals surface area contributed by atoms with Crippen molar-refractivity contribution in [2.24, 2.45) is 11.8 Å². The second kappa shape index (κ2) is 6.18. The molecule has 1 saturated heterocycles. The molecule has 6 heteroatoms. The van der Waals surface area contributed by atoms with E-state index < -0.39 is 0 Å². The van der Waals surface area contributed by atoms with E-state index >= 15 is 0 Å². The summed E-state index contributed by atoms with van der Waals surface area (Å²) in [6.45, 7) is 3.44. The van der Waals surface area contributed by atoms with Crippen molar-refractivity contribution < 1.29 is 14.3 Å². The van der Waals surface area contributed by atoms with Crippen LogP contribution in [-0.2, 0) is 20.7 Å². The third-order valence-electron chi connectivity index (χ3n) is 5.36. The molecule has 0 unspecified atom stereocenters. The highest BCUT2D eigenvalue weighted by Gasteiger charge is 2.54. The Hall–Kier alpha value is -1.92. The summed E-state index contributed by atoms with van der Waals surface area (Å²) in [4.78, 5) is 17.0. The summed E-state index contributed by atoms with van der Waals surface area (Å²) in [5.74, 6) is 0.726. The van der Waals surface area contributed by atoms with Crippen LogP contribution in [0.3, 0.4) is 0 Å². The Balaban J connectivity index is 1.45. The molecule has 1 aliphatic carbocycles. The molecular formula is C18H23N3O3. The van der Waals surface area contributed by atoms with Crippen LogP contribution in [-0.4, -0.2) is 47.8 Å². The average molecular weight is 329 g/mol. The number of fused-ring (bicyclic) bond motifs is 2. The number of amides is 1. The highest BCUT2D eigenvalue weighted by molar-refractivity contribution is 5.79. The molecular weight excluding hydrogens is 306 g/mol. The largest absolute Gasteiger partial charge is 0.384 e. The van der Waals surface area contributed by atoms with E-state index in [4.69, 9.17) is 9.47 Å². The first-order chi connectivity index (χ1) is 11.7. The number of aryl methyl sites for hydroxylation is 1. The first-order valence-corrected chi connectivity index (χ1v) is 8.50. The van der Waals surface area contributed by atoms with E-state index in [1.165, 1.54) is 0 Å². The summed E-state index contributed by atoms with van der Waals surface area (Å²) in [7, 11) is 1.70. The standard InChI is InChI=1S/C18H23N3O3/c1-11-4-3-6-21-12(9-19-18(11)21)8-15(22)20-16-13-5-7-24-17(13)14(16)10-23-2/h3-4,6,9,13-14,16-17H,5,7-8,10H2,1-2H3,(H,20,22)/t13-,14-,16-,17-/m1/s1. The van der Waals surface area contributed by atoms with Crippen LogP contribution in [0, 0.1) is 18.8 Å². The van der Waals surface area contributed by atoms with Crippen molar-refractivity contribution in [1.82, 2.24) is 14.7 Å². The summed E-state index contributed by atoms with van der Waals surface area (Å²) in [5.41, 5.74) is 2.92. The molecule has 4 atom stereocenters. The predicted octanol–water partition coefficient (Wildman–Crippen LogP) is 1.35. The first kappa shape index (κ1) is 15.6. The van der Waals surface area contributed by atoms with Gasteiger partial charge in [0.1, 0.15) is 5.65 Å². The molecule has 0 radical (unpaired) electrons. The molecule has 1 aliphatic heterocycles. The summed E-state index contributed by atoms with van der Waals surface area (Å²) < 4.78 is 13.0. The van der Waals surface area contributed by atoms with Crippen molar-refractivity contribution in [3.8, 4) is 0 Å². The number of hydrogen-bond acceptors (Lipinski definition) is 4. The van der Waals surface area contributed by atoms with Gasteiger partial charge in [-0.1, -0.05) is 6.07 Å². The van der Waals surface area contributed by atoms with Crippen LogP contribution in [0.2, 0.25) is 0 Å². The number of nitrogens with one attached hydrogen (secondary N) is 1. The Morgan fingerprint density at radius 2 is 2.42 bits per heavy atom. The monoisotopic (exact) mass is 329 g/mol. The number of rotatable bonds is 5. The molecule has 1 N–H and O–H groups in total. The van der Waals surface area contributed by atoms with E-state index in [-0.39, 0.29) is 24.0 Å². The molecule has 6 nitrogen and oxygen atoms in total. The van der Waals surface area contributed by atoms with Crippen LogP contribution in [0.25, 0.3) is 5.65 Å². The van der Waals surface area contributed by atoms with Crippen LogP contribution < -0.4 is 5.32 Å². The van der Waals surface area contributed by atoms with Gasteiger partial charge < -0.3 is 19.2 Å². The summed E-state index contributed by atoms with van der Waals surface area (Å²) >= 11 is 0. The highest BCUT2D eigenvalue weighted by atomic mass is 16.5. The van der Waals surface area contributed by atoms with Crippen LogP contribution in [0.1, 0.15) is 17.7 Å². The molecule has 128 valence electrons. The maximum absolute atomic E-state index is 12.5. The van der Waals surface area contributed by atoms with Crippen molar-refractivity contribution in [1.29, 1.82) is 0 Å². The minimum Gasteiger partial charge on any atom is -0.384 e. The summed E-state index contributed by atoms with van der Waals surface area (Å²) in [6.07, 6.45) is 5.34. The summed E-state index contributed by atoms with van der Waals surface area (Å²) in [5, 5.41) is 3.20. The van der Waals surface area contributed by atoms with Gasteiger partial charge in [-0.2, -0.15) is 0 Å². The Morgan fingerprint density at radius 3 is 3.25 bits per heavy atom. The molecule has 1 saturated carbocycles. The Kier molecular flexibility index (Phi) is 4.02. The number of aromatic nitrogens is 2. The molecule has 0 spiro atoms. The van der Waals surface area contributed by atoms with E-state index in [0.717, 1.165) is 29.9 Å². The van der Waals surface area contributed by atoms with Gasteiger partial charge >= 0.3 is 0 Å². The van der Waals surface area contributed by atoms with Crippen LogP contribution in [0.15, 0.2) is 24.5 Å². The average Bonchev–Trinajstić information content (AvgIpc) is 3.16. The number of methoxy groups -OCH3 is 1. The number of hydrogen-bond donors (Lipinski definition) is 1. The number of carbonyl (C=O) groups is 1. The zero-order chi connectivity index (χ0) is 16.7. The van der Waals surface area contributed by atoms with Gasteiger partial charge in [-0.15, -0.1) is 0 Å². The number of pyridine rings is 1. The zero-order valence-electron chi connectivity index (χ0n) is 14.1. The van der Waals surface area contributed by atoms with E-state index in [1.54, 1.807) is 13.3 Å². The molecule has 2 aliphatic rings. The SMILES string of the molecule is COC[C@@H]1[C@H](NC(=O)Cc2cnc3c(C)cccn23)[C@H]2CCO[C@H]21. The van der Waals surface area contributed by atoms with Gasteiger partial charge in [0.05, 0.1) is 24.8 Å². The lowest BCUT2D eigenvalue weighted by Crippen LogP contribution is -2.63. The van der Waals surface area contributed by atoms with E-state index in [2.05, 4.69) is 10.3 Å². The molecule has 24 heavy (non-hydrogen) atoms. The van der Waals surface area contributed by atoms with E-state index in [0.29, 0.717) is 18.9 Å². The first-order valence-electron chi connectivity index (χ1n) is 8.50. The molecule has 2 fully saturated rings. The number of nitrogens with zero attached hydrogens (tertiary/aromatic N) is 2. The maximum Gasteiger partial charge on any atom is 0.226 e. The molecule has 0 bridgehead atoms. The number of carbonyl (C=O) groups excluding carboxylic acids is 1. The minimum absolute atomic E-state index is 0.0368. The lowest BCUT2D eigenvalue weighted by atomic mass is 9.67. The lowest BCUT2D eigenvalue weighted by molar-refractivity contribution is -0.129. The highest BCUT2D eigenvalue weighted by Crippen LogP contribution is 2.43. The van der Waals surface area contributed by atoms with Gasteiger partial charge in [0, 0.05) is 44.0 Å².